The third-order valence-electron chi connectivity index (χ3n) is 6.90. The van der Waals surface area contributed by atoms with Crippen LogP contribution >= 0.6 is 11.3 Å². The average Bonchev–Trinajstić information content (AvgIpc) is 3.54. The van der Waals surface area contributed by atoms with E-state index in [1.54, 1.807) is 17.9 Å². The van der Waals surface area contributed by atoms with Gasteiger partial charge >= 0.3 is 12.2 Å². The van der Waals surface area contributed by atoms with E-state index < -0.39 is 42.3 Å². The van der Waals surface area contributed by atoms with Gasteiger partial charge in [0.05, 0.1) is 28.2 Å². The lowest BCUT2D eigenvalue weighted by Crippen LogP contribution is -2.53. The van der Waals surface area contributed by atoms with Gasteiger partial charge in [0.2, 0.25) is 5.91 Å². The Labute approximate surface area is 259 Å². The maximum absolute atomic E-state index is 13.1. The van der Waals surface area contributed by atoms with E-state index in [1.807, 2.05) is 72.8 Å². The lowest BCUT2D eigenvalue weighted by Gasteiger charge is -2.29. The van der Waals surface area contributed by atoms with Crippen molar-refractivity contribution in [2.45, 2.75) is 57.0 Å². The number of thiazole rings is 1. The van der Waals surface area contributed by atoms with Crippen LogP contribution in [0.4, 0.5) is 9.59 Å². The van der Waals surface area contributed by atoms with Gasteiger partial charge in [0.15, 0.2) is 0 Å². The zero-order valence-electron chi connectivity index (χ0n) is 24.1. The molecule has 0 spiro atoms. The number of benzene rings is 2. The number of nitrogens with zero attached hydrogens (tertiary/aromatic N) is 2. The molecule has 5 N–H and O–H groups in total. The van der Waals surface area contributed by atoms with Crippen molar-refractivity contribution in [1.82, 2.24) is 25.9 Å². The number of amides is 3. The van der Waals surface area contributed by atoms with Crippen LogP contribution in [0.25, 0.3) is 11.3 Å². The number of aliphatic hydroxyl groups is 1. The average molecular weight is 618 g/mol. The van der Waals surface area contributed by atoms with Crippen molar-refractivity contribution < 1.29 is 29.3 Å². The smallest absolute Gasteiger partial charge is 0.408 e. The molecule has 11 nitrogen and oxygen atoms in total. The van der Waals surface area contributed by atoms with Crippen molar-refractivity contribution in [1.29, 1.82) is 0 Å². The van der Waals surface area contributed by atoms with E-state index in [0.717, 1.165) is 27.3 Å². The Morgan fingerprint density at radius 1 is 0.909 bits per heavy atom. The predicted octanol–water partition coefficient (Wildman–Crippen LogP) is 4.18. The van der Waals surface area contributed by atoms with E-state index in [1.165, 1.54) is 18.3 Å². The number of hydrogen-bond acceptors (Lipinski definition) is 8. The van der Waals surface area contributed by atoms with Crippen molar-refractivity contribution >= 4 is 29.4 Å². The van der Waals surface area contributed by atoms with Crippen LogP contribution in [0.1, 0.15) is 29.3 Å². The maximum Gasteiger partial charge on any atom is 0.408 e. The quantitative estimate of drug-likeness (QED) is 0.141. The van der Waals surface area contributed by atoms with Gasteiger partial charge < -0.3 is 30.9 Å². The number of hydrogen-bond donors (Lipinski definition) is 5. The topological polar surface area (TPSA) is 163 Å². The van der Waals surface area contributed by atoms with Crippen LogP contribution in [0, 0.1) is 0 Å². The fourth-order valence-electron chi connectivity index (χ4n) is 4.65. The molecule has 0 aliphatic heterocycles. The molecular weight excluding hydrogens is 582 g/mol. The minimum absolute atomic E-state index is 0.0318. The Kier molecular flexibility index (Phi) is 11.8. The van der Waals surface area contributed by atoms with Crippen LogP contribution < -0.4 is 16.0 Å². The summed E-state index contributed by atoms with van der Waals surface area (Å²) in [5.41, 5.74) is 5.12. The molecule has 0 aliphatic carbocycles. The number of ether oxygens (including phenoxy) is 1. The first-order valence-electron chi connectivity index (χ1n) is 14.1. The minimum atomic E-state index is -1.22. The molecule has 0 fully saturated rings. The molecule has 0 unspecified atom stereocenters. The number of carbonyl (C=O) groups excluding carboxylic acids is 2. The van der Waals surface area contributed by atoms with Crippen molar-refractivity contribution in [2.75, 3.05) is 0 Å². The SMILES string of the molecule is C[C@H](NC(=O)OCc1cncs1)C(=O)N[C@@H](Cc1ccccc1)[C@@H](O)C[C@H](Cc1ccc(-c2ccccn2)cc1)NC(=O)O. The fourth-order valence-corrected chi connectivity index (χ4v) is 5.15. The second kappa shape index (κ2) is 16.1. The Bertz CT molecular complexity index is 1470. The van der Waals surface area contributed by atoms with E-state index in [2.05, 4.69) is 25.9 Å². The van der Waals surface area contributed by atoms with Gasteiger partial charge in [-0.2, -0.15) is 0 Å². The Hall–Kier alpha value is -4.81. The summed E-state index contributed by atoms with van der Waals surface area (Å²) in [5.74, 6) is -0.521. The molecule has 0 bridgehead atoms. The number of pyridine rings is 1. The van der Waals surface area contributed by atoms with Crippen LogP contribution in [-0.2, 0) is 29.0 Å². The van der Waals surface area contributed by atoms with Crippen molar-refractivity contribution in [3.8, 4) is 11.3 Å². The monoisotopic (exact) mass is 617 g/mol. The molecule has 44 heavy (non-hydrogen) atoms. The van der Waals surface area contributed by atoms with Gasteiger partial charge in [-0.1, -0.05) is 60.7 Å². The first-order valence-corrected chi connectivity index (χ1v) is 15.0. The summed E-state index contributed by atoms with van der Waals surface area (Å²) in [5, 5.41) is 28.7. The van der Waals surface area contributed by atoms with Crippen LogP contribution in [0.2, 0.25) is 0 Å². The molecule has 0 radical (unpaired) electrons. The molecule has 2 aromatic heterocycles. The lowest BCUT2D eigenvalue weighted by atomic mass is 9.93. The summed E-state index contributed by atoms with van der Waals surface area (Å²) >= 11 is 1.34. The summed E-state index contributed by atoms with van der Waals surface area (Å²) in [6.45, 7) is 1.54. The number of carboxylic acid groups (broad SMARTS) is 1. The number of aromatic nitrogens is 2. The summed E-state index contributed by atoms with van der Waals surface area (Å²) < 4.78 is 5.16. The summed E-state index contributed by atoms with van der Waals surface area (Å²) in [4.78, 5) is 46.0. The van der Waals surface area contributed by atoms with E-state index >= 15 is 0 Å². The first kappa shape index (κ1) is 32.1. The highest BCUT2D eigenvalue weighted by Gasteiger charge is 2.28. The molecule has 230 valence electrons. The molecule has 3 amide bonds. The lowest BCUT2D eigenvalue weighted by molar-refractivity contribution is -0.124. The van der Waals surface area contributed by atoms with Crippen LogP contribution in [0.15, 0.2) is 90.7 Å². The number of aliphatic hydroxyl groups excluding tert-OH is 1. The van der Waals surface area contributed by atoms with Crippen LogP contribution in [-0.4, -0.2) is 62.5 Å². The highest BCUT2D eigenvalue weighted by atomic mass is 32.1. The Balaban J connectivity index is 1.41. The number of rotatable bonds is 14. The third kappa shape index (κ3) is 10.2. The van der Waals surface area contributed by atoms with Crippen LogP contribution in [0.3, 0.4) is 0 Å². The highest BCUT2D eigenvalue weighted by molar-refractivity contribution is 7.09. The standard InChI is InChI=1S/C32H35N5O6S/c1-21(35-32(42)43-19-26-18-33-20-44-26)30(39)37-28(16-22-7-3-2-4-8-22)29(38)17-25(36-31(40)41)15-23-10-12-24(13-11-23)27-9-5-6-14-34-27/h2-14,18,20-21,25,28-29,36,38H,15-17,19H2,1H3,(H,35,42)(H,37,39)(H,40,41)/t21-,25-,28-,29-/m0/s1. The largest absolute Gasteiger partial charge is 0.465 e. The van der Waals surface area contributed by atoms with Crippen molar-refractivity contribution in [3.63, 3.8) is 0 Å². The molecule has 2 aromatic carbocycles. The Morgan fingerprint density at radius 3 is 2.30 bits per heavy atom. The minimum Gasteiger partial charge on any atom is -0.465 e. The van der Waals surface area contributed by atoms with E-state index in [-0.39, 0.29) is 19.4 Å². The summed E-state index contributed by atoms with van der Waals surface area (Å²) in [6, 6.07) is 20.2. The molecule has 2 heterocycles. The van der Waals surface area contributed by atoms with Crippen molar-refractivity contribution in [3.05, 3.63) is 107 Å². The third-order valence-corrected chi connectivity index (χ3v) is 7.65. The van der Waals surface area contributed by atoms with Gasteiger partial charge in [0, 0.05) is 24.0 Å². The molecule has 0 aliphatic rings. The summed E-state index contributed by atoms with van der Waals surface area (Å²) in [7, 11) is 0. The van der Waals surface area contributed by atoms with Gasteiger partial charge in [-0.25, -0.2) is 9.59 Å². The van der Waals surface area contributed by atoms with E-state index in [0.29, 0.717) is 6.42 Å². The zero-order valence-corrected chi connectivity index (χ0v) is 24.9. The number of alkyl carbamates (subject to hydrolysis) is 1. The number of carbonyl (C=O) groups is 3. The normalized spacial score (nSPS) is 13.6. The second-order valence-corrected chi connectivity index (χ2v) is 11.3. The Morgan fingerprint density at radius 2 is 1.64 bits per heavy atom. The molecular formula is C32H35N5O6S. The highest BCUT2D eigenvalue weighted by Crippen LogP contribution is 2.19. The molecule has 0 saturated carbocycles. The predicted molar refractivity (Wildman–Crippen MR) is 166 cm³/mol. The number of nitrogens with one attached hydrogen (secondary N) is 3. The second-order valence-electron chi connectivity index (χ2n) is 10.3. The van der Waals surface area contributed by atoms with Gasteiger partial charge in [-0.15, -0.1) is 11.3 Å². The molecule has 4 atom stereocenters. The summed E-state index contributed by atoms with van der Waals surface area (Å²) in [6.07, 6.45) is 0.851. The van der Waals surface area contributed by atoms with Gasteiger partial charge in [-0.05, 0) is 49.4 Å². The van der Waals surface area contributed by atoms with E-state index in [4.69, 9.17) is 4.74 Å². The first-order chi connectivity index (χ1) is 21.3. The van der Waals surface area contributed by atoms with Gasteiger partial charge in [0.1, 0.15) is 12.6 Å². The maximum atomic E-state index is 13.1. The molecule has 4 rings (SSSR count). The van der Waals surface area contributed by atoms with E-state index in [9.17, 15) is 24.6 Å². The van der Waals surface area contributed by atoms with Crippen LogP contribution in [0.5, 0.6) is 0 Å². The molecule has 4 aromatic rings. The molecule has 12 heteroatoms. The van der Waals surface area contributed by atoms with Gasteiger partial charge in [0.25, 0.3) is 0 Å². The zero-order chi connectivity index (χ0) is 31.3. The fraction of sp³-hybridized carbons (Fsp3) is 0.281. The van der Waals surface area contributed by atoms with Crippen molar-refractivity contribution in [2.24, 2.45) is 0 Å². The molecule has 0 saturated heterocycles. The van der Waals surface area contributed by atoms with Gasteiger partial charge in [-0.3, -0.25) is 14.8 Å².